The summed E-state index contributed by atoms with van der Waals surface area (Å²) >= 11 is 0. The molecule has 0 saturated heterocycles. The van der Waals surface area contributed by atoms with Gasteiger partial charge in [-0.05, 0) is 37.4 Å². The van der Waals surface area contributed by atoms with Gasteiger partial charge in [-0.25, -0.2) is 4.79 Å². The molecule has 0 radical (unpaired) electrons. The molecule has 0 bridgehead atoms. The number of carboxylic acid groups (broad SMARTS) is 1. The van der Waals surface area contributed by atoms with Crippen LogP contribution in [0.25, 0.3) is 0 Å². The van der Waals surface area contributed by atoms with Crippen molar-refractivity contribution in [3.05, 3.63) is 23.8 Å². The van der Waals surface area contributed by atoms with E-state index in [1.165, 1.54) is 31.0 Å². The summed E-state index contributed by atoms with van der Waals surface area (Å²) in [6.07, 6.45) is 2.44. The molecule has 1 fully saturated rings. The maximum atomic E-state index is 11.6. The number of rotatable bonds is 6. The Bertz CT molecular complexity index is 497. The van der Waals surface area contributed by atoms with Crippen molar-refractivity contribution in [1.82, 2.24) is 5.32 Å². The fourth-order valence-corrected chi connectivity index (χ4v) is 1.71. The number of benzene rings is 1. The van der Waals surface area contributed by atoms with Gasteiger partial charge in [0.15, 0.2) is 0 Å². The number of carbonyl (C=O) groups excluding carboxylic acids is 1. The molecule has 0 aliphatic heterocycles. The lowest BCUT2D eigenvalue weighted by Gasteiger charge is -2.07. The van der Waals surface area contributed by atoms with E-state index < -0.39 is 5.97 Å². The van der Waals surface area contributed by atoms with Crippen LogP contribution in [0.2, 0.25) is 0 Å². The summed E-state index contributed by atoms with van der Waals surface area (Å²) in [5.41, 5.74) is 0.186. The quantitative estimate of drug-likeness (QED) is 0.615. The number of carbonyl (C=O) groups is 2. The minimum Gasteiger partial charge on any atom is -0.507 e. The highest BCUT2D eigenvalue weighted by atomic mass is 16.4. The van der Waals surface area contributed by atoms with E-state index in [-0.39, 0.29) is 23.8 Å². The van der Waals surface area contributed by atoms with Gasteiger partial charge in [0.05, 0.1) is 6.54 Å². The fraction of sp³-hybridized carbons (Fsp3) is 0.385. The molecule has 1 aromatic carbocycles. The Kier molecular flexibility index (Phi) is 4.01. The first-order chi connectivity index (χ1) is 9.06. The molecule has 0 heterocycles. The summed E-state index contributed by atoms with van der Waals surface area (Å²) in [5, 5.41) is 23.9. The van der Waals surface area contributed by atoms with Gasteiger partial charge in [0.2, 0.25) is 5.91 Å². The minimum atomic E-state index is -1.21. The van der Waals surface area contributed by atoms with Gasteiger partial charge in [0.1, 0.15) is 11.3 Å². The summed E-state index contributed by atoms with van der Waals surface area (Å²) in [6, 6.07) is 3.93. The molecule has 102 valence electrons. The summed E-state index contributed by atoms with van der Waals surface area (Å²) in [5.74, 6) is -1.09. The Morgan fingerprint density at radius 2 is 2.05 bits per heavy atom. The monoisotopic (exact) mass is 264 g/mol. The first-order valence-electron chi connectivity index (χ1n) is 6.13. The van der Waals surface area contributed by atoms with Crippen molar-refractivity contribution in [3.63, 3.8) is 0 Å². The SMILES string of the molecule is O=C(CNCC1CC1)Nc1ccc(C(=O)O)c(O)c1. The number of anilines is 1. The van der Waals surface area contributed by atoms with Crippen LogP contribution in [0.3, 0.4) is 0 Å². The molecule has 0 aromatic heterocycles. The second-order valence-electron chi connectivity index (χ2n) is 4.66. The normalized spacial score (nSPS) is 14.1. The van der Waals surface area contributed by atoms with Crippen molar-refractivity contribution < 1.29 is 19.8 Å². The average molecular weight is 264 g/mol. The van der Waals surface area contributed by atoms with Gasteiger partial charge in [-0.15, -0.1) is 0 Å². The topological polar surface area (TPSA) is 98.7 Å². The summed E-state index contributed by atoms with van der Waals surface area (Å²) in [6.45, 7) is 1.05. The molecule has 1 saturated carbocycles. The first-order valence-corrected chi connectivity index (χ1v) is 6.13. The third-order valence-corrected chi connectivity index (χ3v) is 2.93. The minimum absolute atomic E-state index is 0.190. The molecule has 1 aliphatic rings. The number of aromatic carboxylic acids is 1. The highest BCUT2D eigenvalue weighted by Gasteiger charge is 2.20. The maximum Gasteiger partial charge on any atom is 0.339 e. The Labute approximate surface area is 110 Å². The molecule has 0 unspecified atom stereocenters. The molecule has 0 spiro atoms. The third kappa shape index (κ3) is 3.96. The molecule has 19 heavy (non-hydrogen) atoms. The largest absolute Gasteiger partial charge is 0.507 e. The van der Waals surface area contributed by atoms with Gasteiger partial charge < -0.3 is 20.8 Å². The molecule has 6 nitrogen and oxygen atoms in total. The van der Waals surface area contributed by atoms with Gasteiger partial charge in [-0.2, -0.15) is 0 Å². The van der Waals surface area contributed by atoms with E-state index in [4.69, 9.17) is 5.11 Å². The highest BCUT2D eigenvalue weighted by Crippen LogP contribution is 2.27. The molecular weight excluding hydrogens is 248 g/mol. The number of nitrogens with one attached hydrogen (secondary N) is 2. The Balaban J connectivity index is 1.85. The Morgan fingerprint density at radius 1 is 1.32 bits per heavy atom. The van der Waals surface area contributed by atoms with E-state index in [1.54, 1.807) is 0 Å². The van der Waals surface area contributed by atoms with E-state index in [9.17, 15) is 14.7 Å². The third-order valence-electron chi connectivity index (χ3n) is 2.93. The van der Waals surface area contributed by atoms with Gasteiger partial charge in [0, 0.05) is 11.8 Å². The molecule has 6 heteroatoms. The number of hydrogen-bond acceptors (Lipinski definition) is 4. The van der Waals surface area contributed by atoms with Crippen molar-refractivity contribution in [2.75, 3.05) is 18.4 Å². The zero-order valence-electron chi connectivity index (χ0n) is 10.3. The molecule has 0 atom stereocenters. The average Bonchev–Trinajstić information content (AvgIpc) is 3.12. The van der Waals surface area contributed by atoms with Crippen LogP contribution in [0.1, 0.15) is 23.2 Å². The smallest absolute Gasteiger partial charge is 0.339 e. The van der Waals surface area contributed by atoms with Crippen molar-refractivity contribution in [2.24, 2.45) is 5.92 Å². The lowest BCUT2D eigenvalue weighted by Crippen LogP contribution is -2.29. The molecule has 1 amide bonds. The second kappa shape index (κ2) is 5.71. The van der Waals surface area contributed by atoms with Crippen LogP contribution in [0.15, 0.2) is 18.2 Å². The van der Waals surface area contributed by atoms with E-state index in [0.29, 0.717) is 11.6 Å². The van der Waals surface area contributed by atoms with Gasteiger partial charge in [-0.3, -0.25) is 4.79 Å². The van der Waals surface area contributed by atoms with Crippen molar-refractivity contribution in [2.45, 2.75) is 12.8 Å². The number of hydrogen-bond donors (Lipinski definition) is 4. The van der Waals surface area contributed by atoms with Crippen molar-refractivity contribution >= 4 is 17.6 Å². The molecule has 4 N–H and O–H groups in total. The number of aromatic hydroxyl groups is 1. The van der Waals surface area contributed by atoms with Crippen LogP contribution in [0.5, 0.6) is 5.75 Å². The standard InChI is InChI=1S/C13H16N2O4/c16-11-5-9(3-4-10(11)13(18)19)15-12(17)7-14-6-8-1-2-8/h3-5,8,14,16H,1-2,6-7H2,(H,15,17)(H,18,19). The summed E-state index contributed by atoms with van der Waals surface area (Å²) in [4.78, 5) is 22.3. The Hall–Kier alpha value is -2.08. The van der Waals surface area contributed by atoms with Crippen LogP contribution >= 0.6 is 0 Å². The molecule has 1 aromatic rings. The van der Waals surface area contributed by atoms with E-state index in [0.717, 1.165) is 6.54 Å². The van der Waals surface area contributed by atoms with Gasteiger partial charge in [-0.1, -0.05) is 0 Å². The van der Waals surface area contributed by atoms with Crippen LogP contribution < -0.4 is 10.6 Å². The van der Waals surface area contributed by atoms with Crippen molar-refractivity contribution in [1.29, 1.82) is 0 Å². The van der Waals surface area contributed by atoms with E-state index >= 15 is 0 Å². The predicted molar refractivity (Wildman–Crippen MR) is 69.3 cm³/mol. The van der Waals surface area contributed by atoms with Gasteiger partial charge >= 0.3 is 5.97 Å². The lowest BCUT2D eigenvalue weighted by molar-refractivity contribution is -0.115. The maximum absolute atomic E-state index is 11.6. The molecular formula is C13H16N2O4. The highest BCUT2D eigenvalue weighted by molar-refractivity contribution is 5.95. The van der Waals surface area contributed by atoms with E-state index in [2.05, 4.69) is 10.6 Å². The van der Waals surface area contributed by atoms with Crippen LogP contribution in [-0.2, 0) is 4.79 Å². The number of phenols is 1. The first kappa shape index (κ1) is 13.4. The van der Waals surface area contributed by atoms with E-state index in [1.807, 2.05) is 0 Å². The fourth-order valence-electron chi connectivity index (χ4n) is 1.71. The van der Waals surface area contributed by atoms with Crippen LogP contribution in [0.4, 0.5) is 5.69 Å². The van der Waals surface area contributed by atoms with Crippen molar-refractivity contribution in [3.8, 4) is 5.75 Å². The molecule has 2 rings (SSSR count). The van der Waals surface area contributed by atoms with Gasteiger partial charge in [0.25, 0.3) is 0 Å². The predicted octanol–water partition coefficient (Wildman–Crippen LogP) is 1.03. The van der Waals surface area contributed by atoms with Crippen LogP contribution in [-0.4, -0.2) is 35.2 Å². The Morgan fingerprint density at radius 3 is 2.63 bits per heavy atom. The summed E-state index contributed by atoms with van der Waals surface area (Å²) < 4.78 is 0. The lowest BCUT2D eigenvalue weighted by atomic mass is 10.2. The number of carboxylic acids is 1. The number of amides is 1. The van der Waals surface area contributed by atoms with Crippen LogP contribution in [0, 0.1) is 5.92 Å². The summed E-state index contributed by atoms with van der Waals surface area (Å²) in [7, 11) is 0. The zero-order chi connectivity index (χ0) is 13.8. The second-order valence-corrected chi connectivity index (χ2v) is 4.66. The zero-order valence-corrected chi connectivity index (χ0v) is 10.3. The molecule has 1 aliphatic carbocycles.